The van der Waals surface area contributed by atoms with Crippen LogP contribution >= 0.6 is 0 Å². The molecule has 0 saturated heterocycles. The molecule has 2 N–H and O–H groups in total. The molecular weight excluding hydrogens is 366 g/mol. The van der Waals surface area contributed by atoms with Crippen LogP contribution in [0.15, 0.2) is 103 Å². The third kappa shape index (κ3) is 2.64. The van der Waals surface area contributed by atoms with Gasteiger partial charge in [-0.15, -0.1) is 0 Å². The van der Waals surface area contributed by atoms with Crippen molar-refractivity contribution in [2.75, 3.05) is 0 Å². The minimum absolute atomic E-state index is 0.870. The normalized spacial score (nSPS) is 11.3. The molecule has 0 amide bonds. The molecule has 0 atom stereocenters. The molecule has 0 fully saturated rings. The van der Waals surface area contributed by atoms with Crippen LogP contribution in [0.4, 0.5) is 0 Å². The van der Waals surface area contributed by atoms with Crippen molar-refractivity contribution >= 4 is 21.7 Å². The van der Waals surface area contributed by atoms with Crippen LogP contribution in [0.1, 0.15) is 0 Å². The van der Waals surface area contributed by atoms with E-state index in [2.05, 4.69) is 94.9 Å². The summed E-state index contributed by atoms with van der Waals surface area (Å²) >= 11 is 0. The van der Waals surface area contributed by atoms with Gasteiger partial charge in [-0.1, -0.05) is 91.0 Å². The molecule has 6 rings (SSSR count). The Kier molecular flexibility index (Phi) is 3.78. The first kappa shape index (κ1) is 16.8. The standard InChI is InChI=1S/C27H19N3/c1-2-10-19(11-3-1)25-26(22-15-8-12-18-9-4-5-13-20(18)22)30-27(29-25)23-17-28-24-16-7-6-14-21(23)24/h1-17,28H,(H,29,30). The number of aromatic amines is 2. The summed E-state index contributed by atoms with van der Waals surface area (Å²) in [4.78, 5) is 12.1. The SMILES string of the molecule is c1ccc(-c2[nH]c(-c3c[nH]c4ccccc34)nc2-c2cccc3ccccc23)cc1. The van der Waals surface area contributed by atoms with Crippen LogP contribution in [0.25, 0.3) is 55.6 Å². The number of para-hydroxylation sites is 1. The number of benzene rings is 4. The number of H-pyrrole nitrogens is 2. The van der Waals surface area contributed by atoms with E-state index in [0.717, 1.165) is 44.8 Å². The van der Waals surface area contributed by atoms with E-state index in [1.54, 1.807) is 0 Å². The average molecular weight is 385 g/mol. The molecule has 0 bridgehead atoms. The van der Waals surface area contributed by atoms with Gasteiger partial charge < -0.3 is 9.97 Å². The lowest BCUT2D eigenvalue weighted by Crippen LogP contribution is -1.85. The van der Waals surface area contributed by atoms with Crippen LogP contribution in [-0.4, -0.2) is 15.0 Å². The zero-order chi connectivity index (χ0) is 19.9. The fourth-order valence-corrected chi connectivity index (χ4v) is 4.21. The van der Waals surface area contributed by atoms with Crippen LogP contribution in [0, 0.1) is 0 Å². The van der Waals surface area contributed by atoms with Gasteiger partial charge in [-0.25, -0.2) is 4.98 Å². The Balaban J connectivity index is 1.64. The number of imidazole rings is 1. The summed E-state index contributed by atoms with van der Waals surface area (Å²) in [5, 5.41) is 3.58. The Labute approximate surface area is 174 Å². The monoisotopic (exact) mass is 385 g/mol. The predicted octanol–water partition coefficient (Wildman–Crippen LogP) is 7.05. The van der Waals surface area contributed by atoms with E-state index in [4.69, 9.17) is 4.98 Å². The summed E-state index contributed by atoms with van der Waals surface area (Å²) < 4.78 is 0. The highest BCUT2D eigenvalue weighted by Crippen LogP contribution is 2.37. The van der Waals surface area contributed by atoms with Crippen molar-refractivity contribution in [1.29, 1.82) is 0 Å². The van der Waals surface area contributed by atoms with Crippen molar-refractivity contribution in [3.05, 3.63) is 103 Å². The van der Waals surface area contributed by atoms with Crippen molar-refractivity contribution < 1.29 is 0 Å². The van der Waals surface area contributed by atoms with E-state index >= 15 is 0 Å². The molecule has 0 saturated carbocycles. The molecule has 0 aliphatic carbocycles. The van der Waals surface area contributed by atoms with Gasteiger partial charge in [0.15, 0.2) is 0 Å². The first-order valence-electron chi connectivity index (χ1n) is 10.1. The summed E-state index contributed by atoms with van der Waals surface area (Å²) in [6, 6.07) is 33.6. The Bertz CT molecular complexity index is 1480. The molecule has 142 valence electrons. The fraction of sp³-hybridized carbons (Fsp3) is 0. The van der Waals surface area contributed by atoms with Gasteiger partial charge in [0.2, 0.25) is 0 Å². The number of rotatable bonds is 3. The molecule has 2 heterocycles. The Morgan fingerprint density at radius 3 is 2.23 bits per heavy atom. The topological polar surface area (TPSA) is 44.5 Å². The van der Waals surface area contributed by atoms with E-state index in [1.165, 1.54) is 10.8 Å². The summed E-state index contributed by atoms with van der Waals surface area (Å²) in [7, 11) is 0. The molecule has 30 heavy (non-hydrogen) atoms. The molecule has 0 aliphatic rings. The second-order valence-electron chi connectivity index (χ2n) is 7.45. The average Bonchev–Trinajstić information content (AvgIpc) is 3.44. The maximum absolute atomic E-state index is 5.12. The van der Waals surface area contributed by atoms with Gasteiger partial charge in [0.1, 0.15) is 5.82 Å². The minimum atomic E-state index is 0.870. The highest BCUT2D eigenvalue weighted by atomic mass is 14.9. The van der Waals surface area contributed by atoms with Crippen molar-refractivity contribution in [2.45, 2.75) is 0 Å². The van der Waals surface area contributed by atoms with Gasteiger partial charge in [0, 0.05) is 33.8 Å². The molecule has 2 aromatic heterocycles. The van der Waals surface area contributed by atoms with Gasteiger partial charge >= 0.3 is 0 Å². The van der Waals surface area contributed by atoms with E-state index in [0.29, 0.717) is 0 Å². The lowest BCUT2D eigenvalue weighted by Gasteiger charge is -2.07. The van der Waals surface area contributed by atoms with Gasteiger partial charge in [-0.2, -0.15) is 0 Å². The second kappa shape index (κ2) is 6.75. The first-order valence-corrected chi connectivity index (χ1v) is 10.1. The summed E-state index contributed by atoms with van der Waals surface area (Å²) in [6.45, 7) is 0. The third-order valence-corrected chi connectivity index (χ3v) is 5.66. The fourth-order valence-electron chi connectivity index (χ4n) is 4.21. The smallest absolute Gasteiger partial charge is 0.140 e. The zero-order valence-electron chi connectivity index (χ0n) is 16.3. The quantitative estimate of drug-likeness (QED) is 0.337. The van der Waals surface area contributed by atoms with Crippen molar-refractivity contribution in [1.82, 2.24) is 15.0 Å². The van der Waals surface area contributed by atoms with Crippen LogP contribution in [-0.2, 0) is 0 Å². The first-order chi connectivity index (χ1) is 14.9. The molecule has 0 unspecified atom stereocenters. The molecule has 0 spiro atoms. The molecular formula is C27H19N3. The highest BCUT2D eigenvalue weighted by Gasteiger charge is 2.18. The van der Waals surface area contributed by atoms with Crippen LogP contribution in [0.5, 0.6) is 0 Å². The van der Waals surface area contributed by atoms with E-state index in [1.807, 2.05) is 18.3 Å². The van der Waals surface area contributed by atoms with Crippen LogP contribution in [0.2, 0.25) is 0 Å². The van der Waals surface area contributed by atoms with Crippen LogP contribution < -0.4 is 0 Å². The van der Waals surface area contributed by atoms with Gasteiger partial charge in [0.25, 0.3) is 0 Å². The molecule has 6 aromatic rings. The highest BCUT2D eigenvalue weighted by molar-refractivity contribution is 6.00. The minimum Gasteiger partial charge on any atom is -0.360 e. The van der Waals surface area contributed by atoms with Gasteiger partial charge in [-0.05, 0) is 16.8 Å². The van der Waals surface area contributed by atoms with Crippen molar-refractivity contribution in [2.24, 2.45) is 0 Å². The summed E-state index contributed by atoms with van der Waals surface area (Å²) in [6.07, 6.45) is 2.03. The molecule has 3 nitrogen and oxygen atoms in total. The third-order valence-electron chi connectivity index (χ3n) is 5.66. The van der Waals surface area contributed by atoms with Crippen molar-refractivity contribution in [3.63, 3.8) is 0 Å². The van der Waals surface area contributed by atoms with Gasteiger partial charge in [-0.3, -0.25) is 0 Å². The van der Waals surface area contributed by atoms with E-state index < -0.39 is 0 Å². The number of aromatic nitrogens is 3. The lowest BCUT2D eigenvalue weighted by molar-refractivity contribution is 1.31. The Hall–Kier alpha value is -4.11. The van der Waals surface area contributed by atoms with E-state index in [-0.39, 0.29) is 0 Å². The number of fused-ring (bicyclic) bond motifs is 2. The molecule has 0 aliphatic heterocycles. The predicted molar refractivity (Wildman–Crippen MR) is 124 cm³/mol. The maximum Gasteiger partial charge on any atom is 0.140 e. The van der Waals surface area contributed by atoms with E-state index in [9.17, 15) is 0 Å². The maximum atomic E-state index is 5.12. The second-order valence-corrected chi connectivity index (χ2v) is 7.45. The van der Waals surface area contributed by atoms with Crippen molar-refractivity contribution in [3.8, 4) is 33.9 Å². The Morgan fingerprint density at radius 2 is 1.33 bits per heavy atom. The number of nitrogens with zero attached hydrogens (tertiary/aromatic N) is 1. The lowest BCUT2D eigenvalue weighted by atomic mass is 9.99. The molecule has 4 aromatic carbocycles. The number of nitrogens with one attached hydrogen (secondary N) is 2. The van der Waals surface area contributed by atoms with Crippen LogP contribution in [0.3, 0.4) is 0 Å². The number of hydrogen-bond donors (Lipinski definition) is 2. The molecule has 3 heteroatoms. The molecule has 0 radical (unpaired) electrons. The summed E-state index contributed by atoms with van der Waals surface area (Å²) in [5.74, 6) is 0.870. The Morgan fingerprint density at radius 1 is 0.600 bits per heavy atom. The number of hydrogen-bond acceptors (Lipinski definition) is 1. The zero-order valence-corrected chi connectivity index (χ0v) is 16.3. The summed E-state index contributed by atoms with van der Waals surface area (Å²) in [5.41, 5.74) is 6.45. The van der Waals surface area contributed by atoms with Gasteiger partial charge in [0.05, 0.1) is 11.4 Å². The largest absolute Gasteiger partial charge is 0.360 e.